The molecule has 6 nitrogen and oxygen atoms in total. The molecule has 0 aliphatic heterocycles. The number of aromatic carboxylic acids is 1. The van der Waals surface area contributed by atoms with Crippen LogP contribution in [0.4, 0.5) is 5.69 Å². The monoisotopic (exact) mass is 249 g/mol. The standard InChI is InChI=1S/C12H15N3O3/c1-15(7-11(16)14-8-2-3-8)10-4-5-13-6-9(10)12(17)18/h4-6,8H,2-3,7H2,1H3,(H,14,16)(H,17,18). The van der Waals surface area contributed by atoms with Gasteiger partial charge in [-0.3, -0.25) is 9.78 Å². The van der Waals surface area contributed by atoms with E-state index in [0.717, 1.165) is 12.8 Å². The minimum atomic E-state index is -1.05. The van der Waals surface area contributed by atoms with Crippen molar-refractivity contribution in [3.05, 3.63) is 24.0 Å². The fraction of sp³-hybridized carbons (Fsp3) is 0.417. The van der Waals surface area contributed by atoms with Crippen molar-refractivity contribution in [2.45, 2.75) is 18.9 Å². The predicted molar refractivity (Wildman–Crippen MR) is 65.6 cm³/mol. The molecule has 1 saturated carbocycles. The highest BCUT2D eigenvalue weighted by Crippen LogP contribution is 2.20. The van der Waals surface area contributed by atoms with E-state index in [2.05, 4.69) is 10.3 Å². The van der Waals surface area contributed by atoms with Crippen LogP contribution in [0.5, 0.6) is 0 Å². The van der Waals surface area contributed by atoms with E-state index in [0.29, 0.717) is 11.7 Å². The van der Waals surface area contributed by atoms with E-state index in [1.807, 2.05) is 0 Å². The first-order valence-corrected chi connectivity index (χ1v) is 5.75. The van der Waals surface area contributed by atoms with Gasteiger partial charge in [-0.25, -0.2) is 4.79 Å². The summed E-state index contributed by atoms with van der Waals surface area (Å²) in [7, 11) is 1.69. The summed E-state index contributed by atoms with van der Waals surface area (Å²) in [6.07, 6.45) is 4.86. The third-order valence-electron chi connectivity index (χ3n) is 2.76. The van der Waals surface area contributed by atoms with Gasteiger partial charge in [0.05, 0.1) is 12.2 Å². The molecule has 2 rings (SSSR count). The number of amides is 1. The van der Waals surface area contributed by atoms with Crippen LogP contribution in [0, 0.1) is 0 Å². The van der Waals surface area contributed by atoms with Crippen molar-refractivity contribution in [1.82, 2.24) is 10.3 Å². The molecule has 0 unspecified atom stereocenters. The molecular formula is C12H15N3O3. The molecule has 1 aliphatic carbocycles. The predicted octanol–water partition coefficient (Wildman–Crippen LogP) is 0.495. The van der Waals surface area contributed by atoms with Crippen molar-refractivity contribution in [2.75, 3.05) is 18.5 Å². The van der Waals surface area contributed by atoms with E-state index >= 15 is 0 Å². The van der Waals surface area contributed by atoms with Gasteiger partial charge in [0.1, 0.15) is 5.56 Å². The number of anilines is 1. The van der Waals surface area contributed by atoms with Crippen LogP contribution in [0.3, 0.4) is 0 Å². The van der Waals surface area contributed by atoms with Crippen LogP contribution in [0.15, 0.2) is 18.5 Å². The lowest BCUT2D eigenvalue weighted by molar-refractivity contribution is -0.119. The lowest BCUT2D eigenvalue weighted by Gasteiger charge is -2.20. The summed E-state index contributed by atoms with van der Waals surface area (Å²) in [4.78, 5) is 28.1. The highest BCUT2D eigenvalue weighted by atomic mass is 16.4. The van der Waals surface area contributed by atoms with Gasteiger partial charge in [0, 0.05) is 25.5 Å². The minimum absolute atomic E-state index is 0.0897. The lowest BCUT2D eigenvalue weighted by atomic mass is 10.2. The van der Waals surface area contributed by atoms with E-state index in [-0.39, 0.29) is 18.0 Å². The molecule has 0 aromatic carbocycles. The van der Waals surface area contributed by atoms with E-state index in [1.54, 1.807) is 18.0 Å². The van der Waals surface area contributed by atoms with Crippen molar-refractivity contribution in [1.29, 1.82) is 0 Å². The summed E-state index contributed by atoms with van der Waals surface area (Å²) < 4.78 is 0. The van der Waals surface area contributed by atoms with E-state index in [1.165, 1.54) is 12.4 Å². The zero-order valence-corrected chi connectivity index (χ0v) is 10.1. The fourth-order valence-corrected chi connectivity index (χ4v) is 1.69. The molecule has 18 heavy (non-hydrogen) atoms. The average Bonchev–Trinajstić information content (AvgIpc) is 3.12. The first-order valence-electron chi connectivity index (χ1n) is 5.75. The molecule has 0 bridgehead atoms. The molecule has 1 aliphatic rings. The topological polar surface area (TPSA) is 82.5 Å². The highest BCUT2D eigenvalue weighted by Gasteiger charge is 2.24. The van der Waals surface area contributed by atoms with Gasteiger partial charge in [-0.1, -0.05) is 0 Å². The van der Waals surface area contributed by atoms with Crippen molar-refractivity contribution >= 4 is 17.6 Å². The molecule has 0 atom stereocenters. The van der Waals surface area contributed by atoms with Gasteiger partial charge in [0.25, 0.3) is 0 Å². The zero-order chi connectivity index (χ0) is 13.1. The van der Waals surface area contributed by atoms with E-state index in [9.17, 15) is 9.59 Å². The molecule has 6 heteroatoms. The summed E-state index contributed by atoms with van der Waals surface area (Å²) in [5.41, 5.74) is 0.586. The van der Waals surface area contributed by atoms with Crippen molar-refractivity contribution in [3.63, 3.8) is 0 Å². The van der Waals surface area contributed by atoms with E-state index in [4.69, 9.17) is 5.11 Å². The lowest BCUT2D eigenvalue weighted by Crippen LogP contribution is -2.36. The second-order valence-electron chi connectivity index (χ2n) is 4.40. The number of carboxylic acids is 1. The van der Waals surface area contributed by atoms with Crippen LogP contribution >= 0.6 is 0 Å². The number of pyridine rings is 1. The number of nitrogens with zero attached hydrogens (tertiary/aromatic N) is 2. The Kier molecular flexibility index (Phi) is 3.45. The zero-order valence-electron chi connectivity index (χ0n) is 10.1. The molecule has 1 heterocycles. The molecule has 1 aromatic rings. The number of likely N-dealkylation sites (N-methyl/N-ethyl adjacent to an activating group) is 1. The first kappa shape index (κ1) is 12.3. The largest absolute Gasteiger partial charge is 0.478 e. The second-order valence-corrected chi connectivity index (χ2v) is 4.40. The van der Waals surface area contributed by atoms with Crippen molar-refractivity contribution in [3.8, 4) is 0 Å². The number of nitrogens with one attached hydrogen (secondary N) is 1. The Morgan fingerprint density at radius 1 is 1.56 bits per heavy atom. The van der Waals surface area contributed by atoms with Crippen molar-refractivity contribution < 1.29 is 14.7 Å². The molecule has 1 fully saturated rings. The fourth-order valence-electron chi connectivity index (χ4n) is 1.69. The SMILES string of the molecule is CN(CC(=O)NC1CC1)c1ccncc1C(=O)O. The van der Waals surface area contributed by atoms with Gasteiger partial charge >= 0.3 is 5.97 Å². The number of aromatic nitrogens is 1. The molecular weight excluding hydrogens is 234 g/mol. The Morgan fingerprint density at radius 3 is 2.89 bits per heavy atom. The average molecular weight is 249 g/mol. The van der Waals surface area contributed by atoms with Crippen LogP contribution in [-0.4, -0.2) is 41.6 Å². The third kappa shape index (κ3) is 2.97. The number of hydrogen-bond acceptors (Lipinski definition) is 4. The maximum atomic E-state index is 11.6. The quantitative estimate of drug-likeness (QED) is 0.793. The van der Waals surface area contributed by atoms with Gasteiger partial charge in [-0.05, 0) is 18.9 Å². The number of carbonyl (C=O) groups excluding carboxylic acids is 1. The Bertz CT molecular complexity index is 471. The summed E-state index contributed by atoms with van der Waals surface area (Å²) in [5.74, 6) is -1.14. The molecule has 0 radical (unpaired) electrons. The van der Waals surface area contributed by atoms with Crippen molar-refractivity contribution in [2.24, 2.45) is 0 Å². The Balaban J connectivity index is 2.05. The van der Waals surface area contributed by atoms with Crippen LogP contribution in [0.25, 0.3) is 0 Å². The number of rotatable bonds is 5. The minimum Gasteiger partial charge on any atom is -0.478 e. The summed E-state index contributed by atoms with van der Waals surface area (Å²) >= 11 is 0. The first-order chi connectivity index (χ1) is 8.58. The molecule has 0 spiro atoms. The number of hydrogen-bond donors (Lipinski definition) is 2. The van der Waals surface area contributed by atoms with Crippen LogP contribution in [0.2, 0.25) is 0 Å². The molecule has 1 aromatic heterocycles. The molecule has 0 saturated heterocycles. The number of carbonyl (C=O) groups is 2. The van der Waals surface area contributed by atoms with Gasteiger partial charge < -0.3 is 15.3 Å². The Labute approximate surface area is 105 Å². The summed E-state index contributed by atoms with van der Waals surface area (Å²) in [5, 5.41) is 11.9. The molecule has 1 amide bonds. The highest BCUT2D eigenvalue weighted by molar-refractivity contribution is 5.95. The van der Waals surface area contributed by atoms with Gasteiger partial charge in [0.15, 0.2) is 0 Å². The van der Waals surface area contributed by atoms with Crippen LogP contribution in [-0.2, 0) is 4.79 Å². The second kappa shape index (κ2) is 5.03. The molecule has 2 N–H and O–H groups in total. The van der Waals surface area contributed by atoms with E-state index < -0.39 is 5.97 Å². The Morgan fingerprint density at radius 2 is 2.28 bits per heavy atom. The Hall–Kier alpha value is -2.11. The maximum Gasteiger partial charge on any atom is 0.339 e. The van der Waals surface area contributed by atoms with Gasteiger partial charge in [-0.15, -0.1) is 0 Å². The maximum absolute atomic E-state index is 11.6. The normalized spacial score (nSPS) is 14.1. The van der Waals surface area contributed by atoms with Crippen LogP contribution < -0.4 is 10.2 Å². The summed E-state index contributed by atoms with van der Waals surface area (Å²) in [6, 6.07) is 1.90. The molecule has 96 valence electrons. The number of carboxylic acid groups (broad SMARTS) is 1. The summed E-state index contributed by atoms with van der Waals surface area (Å²) in [6.45, 7) is 0.140. The van der Waals surface area contributed by atoms with Gasteiger partial charge in [-0.2, -0.15) is 0 Å². The smallest absolute Gasteiger partial charge is 0.339 e. The van der Waals surface area contributed by atoms with Gasteiger partial charge in [0.2, 0.25) is 5.91 Å². The third-order valence-corrected chi connectivity index (χ3v) is 2.76. The van der Waals surface area contributed by atoms with Crippen LogP contribution in [0.1, 0.15) is 23.2 Å².